The van der Waals surface area contributed by atoms with Crippen molar-refractivity contribution in [2.75, 3.05) is 0 Å². The van der Waals surface area contributed by atoms with Crippen molar-refractivity contribution in [3.05, 3.63) is 27.5 Å². The van der Waals surface area contributed by atoms with Crippen molar-refractivity contribution in [2.45, 2.75) is 45.7 Å². The molecule has 2 N–H and O–H groups in total. The van der Waals surface area contributed by atoms with E-state index in [-0.39, 0.29) is 6.04 Å². The predicted octanol–water partition coefficient (Wildman–Crippen LogP) is 2.56. The Balaban J connectivity index is 2.23. The molecule has 3 nitrogen and oxygen atoms in total. The van der Waals surface area contributed by atoms with Gasteiger partial charge >= 0.3 is 0 Å². The molecule has 1 aromatic rings. The molecule has 0 saturated carbocycles. The van der Waals surface area contributed by atoms with E-state index in [4.69, 9.17) is 5.73 Å². The fraction of sp³-hybridized carbons (Fsp3) is 0.583. The van der Waals surface area contributed by atoms with E-state index < -0.39 is 0 Å². The van der Waals surface area contributed by atoms with Crippen LogP contribution in [0.5, 0.6) is 0 Å². The van der Waals surface area contributed by atoms with E-state index >= 15 is 0 Å². The van der Waals surface area contributed by atoms with Gasteiger partial charge in [0, 0.05) is 19.0 Å². The van der Waals surface area contributed by atoms with Gasteiger partial charge < -0.3 is 5.73 Å². The minimum atomic E-state index is 0.257. The van der Waals surface area contributed by atoms with E-state index in [9.17, 15) is 0 Å². The third-order valence-corrected chi connectivity index (χ3v) is 4.13. The lowest BCUT2D eigenvalue weighted by atomic mass is 10.1. The van der Waals surface area contributed by atoms with Gasteiger partial charge in [-0.3, -0.25) is 4.68 Å². The number of nitrogens with zero attached hydrogens (tertiary/aromatic N) is 2. The second kappa shape index (κ2) is 4.72. The molecule has 1 heterocycles. The average Bonchev–Trinajstić information content (AvgIpc) is 2.77. The normalized spacial score (nSPS) is 20.2. The topological polar surface area (TPSA) is 43.8 Å². The molecule has 0 fully saturated rings. The van der Waals surface area contributed by atoms with Crippen LogP contribution in [0.3, 0.4) is 0 Å². The maximum Gasteiger partial charge on any atom is 0.0738 e. The molecule has 1 aromatic heterocycles. The largest absolute Gasteiger partial charge is 0.324 e. The van der Waals surface area contributed by atoms with Crippen LogP contribution in [0, 0.1) is 6.92 Å². The maximum absolute atomic E-state index is 5.88. The molecule has 0 bridgehead atoms. The van der Waals surface area contributed by atoms with Gasteiger partial charge in [0.2, 0.25) is 0 Å². The number of halogens is 1. The summed E-state index contributed by atoms with van der Waals surface area (Å²) >= 11 is 3.62. The Morgan fingerprint density at radius 3 is 2.94 bits per heavy atom. The lowest BCUT2D eigenvalue weighted by Gasteiger charge is -2.06. The van der Waals surface area contributed by atoms with Crippen LogP contribution in [-0.4, -0.2) is 15.8 Å². The fourth-order valence-electron chi connectivity index (χ4n) is 2.22. The molecule has 1 aliphatic rings. The highest BCUT2D eigenvalue weighted by Crippen LogP contribution is 2.27. The molecule has 4 heteroatoms. The molecular formula is C12H18BrN3. The minimum absolute atomic E-state index is 0.257. The summed E-state index contributed by atoms with van der Waals surface area (Å²) in [5, 5.41) is 4.50. The number of aryl methyl sites for hydroxylation is 2. The second-order valence-electron chi connectivity index (χ2n) is 4.37. The maximum atomic E-state index is 5.88. The first-order valence-corrected chi connectivity index (χ1v) is 6.58. The molecular weight excluding hydrogens is 266 g/mol. The summed E-state index contributed by atoms with van der Waals surface area (Å²) in [5.74, 6) is 0. The summed E-state index contributed by atoms with van der Waals surface area (Å²) in [6, 6.07) is 0.257. The van der Waals surface area contributed by atoms with E-state index in [0.29, 0.717) is 0 Å². The van der Waals surface area contributed by atoms with Crippen molar-refractivity contribution in [3.8, 4) is 0 Å². The number of aromatic nitrogens is 2. The van der Waals surface area contributed by atoms with Crippen LogP contribution >= 0.6 is 15.9 Å². The molecule has 1 aliphatic carbocycles. The Kier molecular flexibility index (Phi) is 3.50. The van der Waals surface area contributed by atoms with Gasteiger partial charge in [0.1, 0.15) is 0 Å². The monoisotopic (exact) mass is 283 g/mol. The third-order valence-electron chi connectivity index (χ3n) is 3.10. The minimum Gasteiger partial charge on any atom is -0.324 e. The van der Waals surface area contributed by atoms with Crippen molar-refractivity contribution in [1.82, 2.24) is 9.78 Å². The summed E-state index contributed by atoms with van der Waals surface area (Å²) in [6.45, 7) is 5.08. The first-order chi connectivity index (χ1) is 7.61. The molecule has 1 atom stereocenters. The number of hydrogen-bond acceptors (Lipinski definition) is 2. The molecule has 0 saturated heterocycles. The second-order valence-corrected chi connectivity index (χ2v) is 5.16. The van der Waals surface area contributed by atoms with Crippen LogP contribution < -0.4 is 5.73 Å². The van der Waals surface area contributed by atoms with E-state index in [0.717, 1.165) is 36.0 Å². The zero-order valence-electron chi connectivity index (χ0n) is 9.83. The first kappa shape index (κ1) is 11.9. The summed E-state index contributed by atoms with van der Waals surface area (Å²) in [5.41, 5.74) is 9.68. The molecule has 0 radical (unpaired) electrons. The van der Waals surface area contributed by atoms with Crippen molar-refractivity contribution >= 4 is 15.9 Å². The summed E-state index contributed by atoms with van der Waals surface area (Å²) < 4.78 is 3.22. The lowest BCUT2D eigenvalue weighted by molar-refractivity contribution is 0.621. The van der Waals surface area contributed by atoms with E-state index in [1.165, 1.54) is 11.3 Å². The van der Waals surface area contributed by atoms with Crippen LogP contribution in [-0.2, 0) is 13.0 Å². The first-order valence-electron chi connectivity index (χ1n) is 5.78. The Morgan fingerprint density at radius 2 is 2.38 bits per heavy atom. The Labute approximate surface area is 105 Å². The van der Waals surface area contributed by atoms with Crippen molar-refractivity contribution in [1.29, 1.82) is 0 Å². The highest BCUT2D eigenvalue weighted by atomic mass is 79.9. The number of rotatable bonds is 3. The molecule has 2 rings (SSSR count). The predicted molar refractivity (Wildman–Crippen MR) is 69.3 cm³/mol. The van der Waals surface area contributed by atoms with E-state index in [2.05, 4.69) is 38.7 Å². The molecule has 0 spiro atoms. The Morgan fingerprint density at radius 1 is 1.62 bits per heavy atom. The molecule has 0 amide bonds. The SMILES string of the molecule is CCn1nc(C)c(Br)c1CC1=CC(N)CC1. The fourth-order valence-corrected chi connectivity index (χ4v) is 2.65. The lowest BCUT2D eigenvalue weighted by Crippen LogP contribution is -2.11. The number of hydrogen-bond donors (Lipinski definition) is 1. The highest BCUT2D eigenvalue weighted by Gasteiger charge is 2.17. The van der Waals surface area contributed by atoms with Crippen LogP contribution in [0.25, 0.3) is 0 Å². The number of nitrogens with two attached hydrogens (primary N) is 1. The van der Waals surface area contributed by atoms with Crippen molar-refractivity contribution in [3.63, 3.8) is 0 Å². The molecule has 16 heavy (non-hydrogen) atoms. The zero-order valence-corrected chi connectivity index (χ0v) is 11.4. The molecule has 88 valence electrons. The Hall–Kier alpha value is -0.610. The van der Waals surface area contributed by atoms with Gasteiger partial charge in [0.25, 0.3) is 0 Å². The highest BCUT2D eigenvalue weighted by molar-refractivity contribution is 9.10. The van der Waals surface area contributed by atoms with Gasteiger partial charge in [-0.1, -0.05) is 11.6 Å². The van der Waals surface area contributed by atoms with Crippen LogP contribution in [0.15, 0.2) is 16.1 Å². The summed E-state index contributed by atoms with van der Waals surface area (Å²) in [4.78, 5) is 0. The van der Waals surface area contributed by atoms with Gasteiger partial charge in [0.15, 0.2) is 0 Å². The third kappa shape index (κ3) is 2.23. The smallest absolute Gasteiger partial charge is 0.0738 e. The molecule has 0 aliphatic heterocycles. The van der Waals surface area contributed by atoms with Crippen molar-refractivity contribution < 1.29 is 0 Å². The Bertz CT molecular complexity index is 420. The van der Waals surface area contributed by atoms with E-state index in [1.807, 2.05) is 6.92 Å². The van der Waals surface area contributed by atoms with Gasteiger partial charge in [-0.25, -0.2) is 0 Å². The van der Waals surface area contributed by atoms with Gasteiger partial charge in [0.05, 0.1) is 15.9 Å². The van der Waals surface area contributed by atoms with Gasteiger partial charge in [-0.05, 0) is 42.6 Å². The summed E-state index contributed by atoms with van der Waals surface area (Å²) in [7, 11) is 0. The standard InChI is InChI=1S/C12H18BrN3/c1-3-16-11(12(13)8(2)15-16)7-9-4-5-10(14)6-9/h6,10H,3-5,7,14H2,1-2H3. The van der Waals surface area contributed by atoms with Gasteiger partial charge in [-0.2, -0.15) is 5.10 Å². The van der Waals surface area contributed by atoms with Crippen molar-refractivity contribution in [2.24, 2.45) is 5.73 Å². The zero-order chi connectivity index (χ0) is 11.7. The van der Waals surface area contributed by atoms with Gasteiger partial charge in [-0.15, -0.1) is 0 Å². The molecule has 1 unspecified atom stereocenters. The van der Waals surface area contributed by atoms with E-state index in [1.54, 1.807) is 0 Å². The van der Waals surface area contributed by atoms with Crippen LogP contribution in [0.1, 0.15) is 31.2 Å². The van der Waals surface area contributed by atoms with Crippen LogP contribution in [0.2, 0.25) is 0 Å². The molecule has 0 aromatic carbocycles. The summed E-state index contributed by atoms with van der Waals surface area (Å²) in [6.07, 6.45) is 5.39. The number of allylic oxidation sites excluding steroid dienone is 1. The average molecular weight is 284 g/mol. The quantitative estimate of drug-likeness (QED) is 0.867. The van der Waals surface area contributed by atoms with Crippen LogP contribution in [0.4, 0.5) is 0 Å².